The van der Waals surface area contributed by atoms with Crippen LogP contribution in [-0.4, -0.2) is 26.1 Å². The number of nitrogens with zero attached hydrogens (tertiary/aromatic N) is 1. The number of benzene rings is 1. The zero-order valence-corrected chi connectivity index (χ0v) is 10.8. The summed E-state index contributed by atoms with van der Waals surface area (Å²) in [4.78, 5) is 13.2. The van der Waals surface area contributed by atoms with Crippen molar-refractivity contribution in [2.24, 2.45) is 11.7 Å². The fraction of sp³-hybridized carbons (Fsp3) is 0.500. The third kappa shape index (κ3) is 3.15. The Balaban J connectivity index is 1.90. The molecule has 1 aromatic carbocycles. The summed E-state index contributed by atoms with van der Waals surface area (Å²) in [6.45, 7) is 1.98. The molecule has 18 heavy (non-hydrogen) atoms. The van der Waals surface area contributed by atoms with E-state index in [0.29, 0.717) is 12.3 Å². The molecule has 2 rings (SSSR count). The van der Waals surface area contributed by atoms with Crippen LogP contribution in [0.5, 0.6) is 5.75 Å². The number of anilines is 1. The van der Waals surface area contributed by atoms with Crippen molar-refractivity contribution in [1.29, 1.82) is 0 Å². The quantitative estimate of drug-likeness (QED) is 0.883. The van der Waals surface area contributed by atoms with E-state index in [-0.39, 0.29) is 5.91 Å². The number of rotatable bonds is 4. The predicted octanol–water partition coefficient (Wildman–Crippen LogP) is 1.79. The van der Waals surface area contributed by atoms with Crippen LogP contribution in [0.15, 0.2) is 24.3 Å². The molecule has 0 spiro atoms. The van der Waals surface area contributed by atoms with E-state index in [4.69, 9.17) is 10.5 Å². The Bertz CT molecular complexity index is 395. The van der Waals surface area contributed by atoms with Crippen molar-refractivity contribution in [1.82, 2.24) is 0 Å². The van der Waals surface area contributed by atoms with Gasteiger partial charge < -0.3 is 15.4 Å². The van der Waals surface area contributed by atoms with Crippen LogP contribution in [0, 0.1) is 5.92 Å². The number of hydrogen-bond donors (Lipinski definition) is 1. The molecular formula is C14H20N2O2. The number of hydrogen-bond acceptors (Lipinski definition) is 3. The van der Waals surface area contributed by atoms with E-state index in [9.17, 15) is 4.79 Å². The molecule has 0 aromatic heterocycles. The van der Waals surface area contributed by atoms with Gasteiger partial charge in [-0.2, -0.15) is 0 Å². The van der Waals surface area contributed by atoms with Crippen molar-refractivity contribution in [3.63, 3.8) is 0 Å². The lowest BCUT2D eigenvalue weighted by molar-refractivity contribution is -0.119. The number of ether oxygens (including phenoxy) is 1. The van der Waals surface area contributed by atoms with Gasteiger partial charge in [0.25, 0.3) is 0 Å². The molecule has 2 N–H and O–H groups in total. The zero-order chi connectivity index (χ0) is 13.0. The molecule has 1 amide bonds. The minimum absolute atomic E-state index is 0.183. The summed E-state index contributed by atoms with van der Waals surface area (Å²) in [5.41, 5.74) is 6.45. The van der Waals surface area contributed by atoms with Gasteiger partial charge in [-0.1, -0.05) is 0 Å². The SMILES string of the molecule is COc1ccc(N2CCC(CC(N)=O)CC2)cc1. The maximum Gasteiger partial charge on any atom is 0.217 e. The van der Waals surface area contributed by atoms with Crippen LogP contribution in [0.1, 0.15) is 19.3 Å². The summed E-state index contributed by atoms with van der Waals surface area (Å²) in [6.07, 6.45) is 2.60. The second-order valence-electron chi connectivity index (χ2n) is 4.80. The van der Waals surface area contributed by atoms with Gasteiger partial charge in [0.2, 0.25) is 5.91 Å². The van der Waals surface area contributed by atoms with Crippen LogP contribution in [0.25, 0.3) is 0 Å². The Labute approximate surface area is 108 Å². The van der Waals surface area contributed by atoms with Gasteiger partial charge in [0.1, 0.15) is 5.75 Å². The molecule has 1 aromatic rings. The monoisotopic (exact) mass is 248 g/mol. The number of methoxy groups -OCH3 is 1. The second-order valence-corrected chi connectivity index (χ2v) is 4.80. The molecule has 4 heteroatoms. The third-order valence-corrected chi connectivity index (χ3v) is 3.54. The van der Waals surface area contributed by atoms with Gasteiger partial charge in [0.05, 0.1) is 7.11 Å². The molecule has 1 heterocycles. The van der Waals surface area contributed by atoms with E-state index in [0.717, 1.165) is 31.7 Å². The molecular weight excluding hydrogens is 228 g/mol. The highest BCUT2D eigenvalue weighted by Crippen LogP contribution is 2.26. The summed E-state index contributed by atoms with van der Waals surface area (Å²) in [7, 11) is 1.67. The molecule has 4 nitrogen and oxygen atoms in total. The fourth-order valence-electron chi connectivity index (χ4n) is 2.47. The topological polar surface area (TPSA) is 55.6 Å². The van der Waals surface area contributed by atoms with Crippen molar-refractivity contribution >= 4 is 11.6 Å². The van der Waals surface area contributed by atoms with E-state index >= 15 is 0 Å². The van der Waals surface area contributed by atoms with Gasteiger partial charge in [-0.25, -0.2) is 0 Å². The Kier molecular flexibility index (Phi) is 4.07. The van der Waals surface area contributed by atoms with Crippen LogP contribution < -0.4 is 15.4 Å². The van der Waals surface area contributed by atoms with Gasteiger partial charge in [-0.05, 0) is 43.0 Å². The molecule has 0 unspecified atom stereocenters. The minimum atomic E-state index is -0.183. The first-order chi connectivity index (χ1) is 8.69. The molecule has 0 aliphatic carbocycles. The van der Waals surface area contributed by atoms with Crippen molar-refractivity contribution in [3.8, 4) is 5.75 Å². The van der Waals surface area contributed by atoms with Crippen LogP contribution >= 0.6 is 0 Å². The van der Waals surface area contributed by atoms with Crippen LogP contribution in [0.4, 0.5) is 5.69 Å². The van der Waals surface area contributed by atoms with E-state index < -0.39 is 0 Å². The van der Waals surface area contributed by atoms with Crippen molar-refractivity contribution in [3.05, 3.63) is 24.3 Å². The summed E-state index contributed by atoms with van der Waals surface area (Å²) < 4.78 is 5.15. The van der Waals surface area contributed by atoms with Gasteiger partial charge in [0.15, 0.2) is 0 Å². The molecule has 1 fully saturated rings. The van der Waals surface area contributed by atoms with Gasteiger partial charge >= 0.3 is 0 Å². The van der Waals surface area contributed by atoms with Gasteiger partial charge in [-0.15, -0.1) is 0 Å². The van der Waals surface area contributed by atoms with Crippen molar-refractivity contribution in [2.45, 2.75) is 19.3 Å². The first-order valence-corrected chi connectivity index (χ1v) is 6.36. The lowest BCUT2D eigenvalue weighted by Crippen LogP contribution is -2.35. The Hall–Kier alpha value is -1.71. The van der Waals surface area contributed by atoms with Crippen molar-refractivity contribution in [2.75, 3.05) is 25.1 Å². The second kappa shape index (κ2) is 5.76. The minimum Gasteiger partial charge on any atom is -0.497 e. The fourth-order valence-corrected chi connectivity index (χ4v) is 2.47. The predicted molar refractivity (Wildman–Crippen MR) is 71.7 cm³/mol. The number of primary amides is 1. The standard InChI is InChI=1S/C14H20N2O2/c1-18-13-4-2-12(3-5-13)16-8-6-11(7-9-16)10-14(15)17/h2-5,11H,6-10H2,1H3,(H2,15,17). The average molecular weight is 248 g/mol. The summed E-state index contributed by atoms with van der Waals surface area (Å²) in [5.74, 6) is 1.15. The Morgan fingerprint density at radius 3 is 2.44 bits per heavy atom. The van der Waals surface area contributed by atoms with Gasteiger partial charge in [-0.3, -0.25) is 4.79 Å². The molecule has 0 bridgehead atoms. The Morgan fingerprint density at radius 2 is 1.94 bits per heavy atom. The molecule has 1 aliphatic heterocycles. The van der Waals surface area contributed by atoms with E-state index in [1.165, 1.54) is 5.69 Å². The van der Waals surface area contributed by atoms with Crippen LogP contribution in [-0.2, 0) is 4.79 Å². The number of piperidine rings is 1. The largest absolute Gasteiger partial charge is 0.497 e. The maximum atomic E-state index is 10.9. The molecule has 0 saturated carbocycles. The lowest BCUT2D eigenvalue weighted by atomic mass is 9.93. The molecule has 0 radical (unpaired) electrons. The van der Waals surface area contributed by atoms with Crippen LogP contribution in [0.2, 0.25) is 0 Å². The molecule has 0 atom stereocenters. The molecule has 1 aliphatic rings. The number of amides is 1. The van der Waals surface area contributed by atoms with E-state index in [1.54, 1.807) is 7.11 Å². The highest BCUT2D eigenvalue weighted by molar-refractivity contribution is 5.74. The smallest absolute Gasteiger partial charge is 0.217 e. The number of carbonyl (C=O) groups excluding carboxylic acids is 1. The van der Waals surface area contributed by atoms with E-state index in [1.807, 2.05) is 12.1 Å². The molecule has 1 saturated heterocycles. The van der Waals surface area contributed by atoms with Gasteiger partial charge in [0, 0.05) is 25.2 Å². The van der Waals surface area contributed by atoms with Crippen LogP contribution in [0.3, 0.4) is 0 Å². The van der Waals surface area contributed by atoms with E-state index in [2.05, 4.69) is 17.0 Å². The summed E-state index contributed by atoms with van der Waals surface area (Å²) in [6, 6.07) is 8.11. The highest BCUT2D eigenvalue weighted by atomic mass is 16.5. The number of nitrogens with two attached hydrogens (primary N) is 1. The Morgan fingerprint density at radius 1 is 1.33 bits per heavy atom. The molecule has 98 valence electrons. The normalized spacial score (nSPS) is 16.6. The lowest BCUT2D eigenvalue weighted by Gasteiger charge is -2.33. The van der Waals surface area contributed by atoms with Crippen molar-refractivity contribution < 1.29 is 9.53 Å². The first-order valence-electron chi connectivity index (χ1n) is 6.36. The maximum absolute atomic E-state index is 10.9. The third-order valence-electron chi connectivity index (χ3n) is 3.54. The zero-order valence-electron chi connectivity index (χ0n) is 10.8. The number of carbonyl (C=O) groups is 1. The average Bonchev–Trinajstić information content (AvgIpc) is 2.39. The summed E-state index contributed by atoms with van der Waals surface area (Å²) >= 11 is 0. The summed E-state index contributed by atoms with van der Waals surface area (Å²) in [5, 5.41) is 0. The first kappa shape index (κ1) is 12.7. The highest BCUT2D eigenvalue weighted by Gasteiger charge is 2.20.